The molecule has 13 heavy (non-hydrogen) atoms. The van der Waals surface area contributed by atoms with Gasteiger partial charge in [-0.1, -0.05) is 32.3 Å². The number of rotatable bonds is 6. The fourth-order valence-corrected chi connectivity index (χ4v) is 0.919. The molecule has 0 heterocycles. The van der Waals surface area contributed by atoms with Gasteiger partial charge >= 0.3 is 5.97 Å². The molecule has 0 aliphatic carbocycles. The molecule has 1 N–H and O–H groups in total. The van der Waals surface area contributed by atoms with Crippen LogP contribution in [0.4, 0.5) is 0 Å². The van der Waals surface area contributed by atoms with E-state index in [2.05, 4.69) is 11.7 Å². The van der Waals surface area contributed by atoms with Crippen LogP contribution in [0.3, 0.4) is 0 Å². The maximum absolute atomic E-state index is 11.0. The highest BCUT2D eigenvalue weighted by atomic mass is 16.5. The standard InChI is InChI=1S/C10H18O3/c1-3-5-6-7-9(11)10(12)13-8-4-2/h4,8-9,11H,3,5-7H2,1-2H3. The molecule has 0 bridgehead atoms. The molecule has 1 unspecified atom stereocenters. The van der Waals surface area contributed by atoms with E-state index in [0.717, 1.165) is 19.3 Å². The first-order valence-electron chi connectivity index (χ1n) is 4.72. The highest BCUT2D eigenvalue weighted by Crippen LogP contribution is 2.04. The predicted molar refractivity (Wildman–Crippen MR) is 51.1 cm³/mol. The Morgan fingerprint density at radius 1 is 1.54 bits per heavy atom. The lowest BCUT2D eigenvalue weighted by Gasteiger charge is -2.06. The Kier molecular flexibility index (Phi) is 7.30. The molecule has 0 radical (unpaired) electrons. The molecule has 3 heteroatoms. The first kappa shape index (κ1) is 12.2. The van der Waals surface area contributed by atoms with Crippen molar-refractivity contribution in [3.63, 3.8) is 0 Å². The van der Waals surface area contributed by atoms with Crippen molar-refractivity contribution in [1.82, 2.24) is 0 Å². The van der Waals surface area contributed by atoms with Crippen molar-refractivity contribution >= 4 is 5.97 Å². The lowest BCUT2D eigenvalue weighted by atomic mass is 10.1. The zero-order chi connectivity index (χ0) is 10.1. The molecule has 1 atom stereocenters. The van der Waals surface area contributed by atoms with E-state index in [4.69, 9.17) is 0 Å². The first-order chi connectivity index (χ1) is 6.22. The maximum atomic E-state index is 11.0. The molecule has 0 saturated heterocycles. The minimum atomic E-state index is -0.970. The summed E-state index contributed by atoms with van der Waals surface area (Å²) in [6.45, 7) is 3.82. The zero-order valence-corrected chi connectivity index (χ0v) is 8.32. The topological polar surface area (TPSA) is 46.5 Å². The summed E-state index contributed by atoms with van der Waals surface area (Å²) < 4.78 is 4.61. The van der Waals surface area contributed by atoms with E-state index in [1.54, 1.807) is 13.0 Å². The first-order valence-corrected chi connectivity index (χ1v) is 4.72. The highest BCUT2D eigenvalue weighted by Gasteiger charge is 2.14. The number of hydrogen-bond acceptors (Lipinski definition) is 3. The maximum Gasteiger partial charge on any atom is 0.339 e. The van der Waals surface area contributed by atoms with Crippen molar-refractivity contribution in [3.05, 3.63) is 12.3 Å². The molecule has 0 rings (SSSR count). The zero-order valence-electron chi connectivity index (χ0n) is 8.32. The molecule has 0 aliphatic rings. The van der Waals surface area contributed by atoms with Crippen molar-refractivity contribution in [3.8, 4) is 0 Å². The Balaban J connectivity index is 3.56. The lowest BCUT2D eigenvalue weighted by Crippen LogP contribution is -2.21. The minimum Gasteiger partial charge on any atom is -0.433 e. The Bertz CT molecular complexity index is 164. The number of allylic oxidation sites excluding steroid dienone is 1. The number of esters is 1. The molecular formula is C10H18O3. The highest BCUT2D eigenvalue weighted by molar-refractivity contribution is 5.74. The molecule has 0 saturated carbocycles. The van der Waals surface area contributed by atoms with Gasteiger partial charge in [0.05, 0.1) is 6.26 Å². The van der Waals surface area contributed by atoms with Crippen LogP contribution in [-0.2, 0) is 9.53 Å². The number of unbranched alkanes of at least 4 members (excludes halogenated alkanes) is 2. The summed E-state index contributed by atoms with van der Waals surface area (Å²) in [6.07, 6.45) is 5.39. The second-order valence-corrected chi connectivity index (χ2v) is 2.92. The summed E-state index contributed by atoms with van der Waals surface area (Å²) >= 11 is 0. The van der Waals surface area contributed by atoms with Gasteiger partial charge in [-0.2, -0.15) is 0 Å². The van der Waals surface area contributed by atoms with Crippen molar-refractivity contribution < 1.29 is 14.6 Å². The second kappa shape index (κ2) is 7.80. The Labute approximate surface area is 79.4 Å². The van der Waals surface area contributed by atoms with Gasteiger partial charge in [0.2, 0.25) is 0 Å². The van der Waals surface area contributed by atoms with Crippen molar-refractivity contribution in [2.45, 2.75) is 45.6 Å². The summed E-state index contributed by atoms with van der Waals surface area (Å²) in [5, 5.41) is 9.26. The van der Waals surface area contributed by atoms with E-state index in [0.29, 0.717) is 6.42 Å². The van der Waals surface area contributed by atoms with Crippen LogP contribution in [0.2, 0.25) is 0 Å². The van der Waals surface area contributed by atoms with E-state index in [9.17, 15) is 9.90 Å². The molecular weight excluding hydrogens is 168 g/mol. The molecule has 76 valence electrons. The average molecular weight is 186 g/mol. The van der Waals surface area contributed by atoms with Gasteiger partial charge < -0.3 is 9.84 Å². The third kappa shape index (κ3) is 6.34. The van der Waals surface area contributed by atoms with Crippen molar-refractivity contribution in [2.75, 3.05) is 0 Å². The monoisotopic (exact) mass is 186 g/mol. The van der Waals surface area contributed by atoms with E-state index < -0.39 is 12.1 Å². The van der Waals surface area contributed by atoms with E-state index in [1.807, 2.05) is 0 Å². The van der Waals surface area contributed by atoms with Gasteiger partial charge in [0, 0.05) is 0 Å². The number of ether oxygens (including phenoxy) is 1. The SMILES string of the molecule is CC=COC(=O)C(O)CCCCC. The second-order valence-electron chi connectivity index (χ2n) is 2.92. The van der Waals surface area contributed by atoms with Crippen molar-refractivity contribution in [1.29, 1.82) is 0 Å². The largest absolute Gasteiger partial charge is 0.433 e. The third-order valence-electron chi connectivity index (χ3n) is 1.67. The molecule has 0 spiro atoms. The molecule has 3 nitrogen and oxygen atoms in total. The minimum absolute atomic E-state index is 0.490. The van der Waals surface area contributed by atoms with Gasteiger partial charge in [-0.25, -0.2) is 4.79 Å². The number of aliphatic hydroxyl groups excluding tert-OH is 1. The van der Waals surface area contributed by atoms with Gasteiger partial charge in [-0.15, -0.1) is 0 Å². The van der Waals surface area contributed by atoms with Crippen LogP contribution in [0, 0.1) is 0 Å². The van der Waals surface area contributed by atoms with E-state index in [-0.39, 0.29) is 0 Å². The third-order valence-corrected chi connectivity index (χ3v) is 1.67. The fraction of sp³-hybridized carbons (Fsp3) is 0.700. The summed E-state index contributed by atoms with van der Waals surface area (Å²) in [5.41, 5.74) is 0. The summed E-state index contributed by atoms with van der Waals surface area (Å²) in [4.78, 5) is 11.0. The van der Waals surface area contributed by atoms with Crippen LogP contribution in [0.5, 0.6) is 0 Å². The smallest absolute Gasteiger partial charge is 0.339 e. The summed E-state index contributed by atoms with van der Waals surface area (Å²) in [6, 6.07) is 0. The van der Waals surface area contributed by atoms with Crippen LogP contribution in [0.25, 0.3) is 0 Å². The number of carbonyl (C=O) groups is 1. The Morgan fingerprint density at radius 3 is 2.77 bits per heavy atom. The Hall–Kier alpha value is -0.830. The van der Waals surface area contributed by atoms with Crippen LogP contribution in [0.1, 0.15) is 39.5 Å². The van der Waals surface area contributed by atoms with Gasteiger partial charge in [0.15, 0.2) is 6.10 Å². The molecule has 0 aromatic rings. The van der Waals surface area contributed by atoms with E-state index >= 15 is 0 Å². The fourth-order valence-electron chi connectivity index (χ4n) is 0.919. The van der Waals surface area contributed by atoms with Gasteiger partial charge in [-0.3, -0.25) is 0 Å². The van der Waals surface area contributed by atoms with Crippen LogP contribution in [-0.4, -0.2) is 17.2 Å². The van der Waals surface area contributed by atoms with Crippen LogP contribution >= 0.6 is 0 Å². The summed E-state index contributed by atoms with van der Waals surface area (Å²) in [5.74, 6) is -0.561. The molecule has 0 aromatic carbocycles. The van der Waals surface area contributed by atoms with Crippen LogP contribution < -0.4 is 0 Å². The normalized spacial score (nSPS) is 13.2. The number of hydrogen-bond donors (Lipinski definition) is 1. The summed E-state index contributed by atoms with van der Waals surface area (Å²) in [7, 11) is 0. The lowest BCUT2D eigenvalue weighted by molar-refractivity contribution is -0.148. The molecule has 0 aliphatic heterocycles. The number of carbonyl (C=O) groups excluding carboxylic acids is 1. The Morgan fingerprint density at radius 2 is 2.23 bits per heavy atom. The quantitative estimate of drug-likeness (QED) is 0.392. The molecule has 0 fully saturated rings. The van der Waals surface area contributed by atoms with Crippen LogP contribution in [0.15, 0.2) is 12.3 Å². The number of aliphatic hydroxyl groups is 1. The van der Waals surface area contributed by atoms with E-state index in [1.165, 1.54) is 6.26 Å². The van der Waals surface area contributed by atoms with Gasteiger partial charge in [0.1, 0.15) is 0 Å². The molecule has 0 amide bonds. The average Bonchev–Trinajstić information content (AvgIpc) is 2.14. The molecule has 0 aromatic heterocycles. The van der Waals surface area contributed by atoms with Crippen molar-refractivity contribution in [2.24, 2.45) is 0 Å². The predicted octanol–water partition coefficient (Wildman–Crippen LogP) is 2.00. The van der Waals surface area contributed by atoms with Gasteiger partial charge in [-0.05, 0) is 13.3 Å². The van der Waals surface area contributed by atoms with Gasteiger partial charge in [0.25, 0.3) is 0 Å².